The van der Waals surface area contributed by atoms with E-state index in [-0.39, 0.29) is 60.7 Å². The largest absolute Gasteiger partial charge is 0.508 e. The number of aliphatic hydroxyl groups excluding tert-OH is 1. The Labute approximate surface area is 246 Å². The number of guanidine groups is 1. The number of anilines is 1. The van der Waals surface area contributed by atoms with Gasteiger partial charge in [0.15, 0.2) is 5.96 Å². The molecule has 0 spiro atoms. The van der Waals surface area contributed by atoms with Crippen LogP contribution in [0.4, 0.5) is 5.69 Å². The number of β-amino-alcohol motifs (C(OH)–C–C–N with tert-alkyl or cyclic N) is 1. The molecule has 12 nitrogen and oxygen atoms in total. The van der Waals surface area contributed by atoms with Gasteiger partial charge in [-0.05, 0) is 58.1 Å². The van der Waals surface area contributed by atoms with Crippen LogP contribution in [0.3, 0.4) is 0 Å². The molecular weight excluding hydrogens is 598 g/mol. The maximum absolute atomic E-state index is 13.4. The predicted octanol–water partition coefficient (Wildman–Crippen LogP) is 2.43. The van der Waals surface area contributed by atoms with Crippen LogP contribution in [0, 0.1) is 0 Å². The SMILES string of the molecule is CCOC(=O)CCNC(=O)[C@@H](NC(=O)c1cc(O)cc(NC2=NC[C@@H](O)CN2)c1)c1cc(C(C)(C)C)cc(Br)c1O. The first kappa shape index (κ1) is 31.7. The summed E-state index contributed by atoms with van der Waals surface area (Å²) < 4.78 is 5.24. The minimum Gasteiger partial charge on any atom is -0.508 e. The zero-order valence-corrected chi connectivity index (χ0v) is 25.0. The van der Waals surface area contributed by atoms with E-state index in [0.717, 1.165) is 5.56 Å². The van der Waals surface area contributed by atoms with E-state index in [2.05, 4.69) is 42.2 Å². The quantitative estimate of drug-likeness (QED) is 0.204. The van der Waals surface area contributed by atoms with Gasteiger partial charge < -0.3 is 41.3 Å². The van der Waals surface area contributed by atoms with Gasteiger partial charge in [-0.25, -0.2) is 0 Å². The highest BCUT2D eigenvalue weighted by Crippen LogP contribution is 2.37. The molecule has 0 aromatic heterocycles. The lowest BCUT2D eigenvalue weighted by Gasteiger charge is -2.25. The van der Waals surface area contributed by atoms with Crippen molar-refractivity contribution in [3.63, 3.8) is 0 Å². The highest BCUT2D eigenvalue weighted by molar-refractivity contribution is 9.10. The fraction of sp³-hybridized carbons (Fsp3) is 0.429. The normalized spacial score (nSPS) is 15.7. The van der Waals surface area contributed by atoms with Crippen molar-refractivity contribution in [3.05, 3.63) is 51.5 Å². The number of aliphatic hydroxyl groups is 1. The van der Waals surface area contributed by atoms with Gasteiger partial charge in [0.05, 0.1) is 30.1 Å². The van der Waals surface area contributed by atoms with Gasteiger partial charge in [-0.15, -0.1) is 0 Å². The number of nitrogens with zero attached hydrogens (tertiary/aromatic N) is 1. The lowest BCUT2D eigenvalue weighted by molar-refractivity contribution is -0.143. The van der Waals surface area contributed by atoms with Gasteiger partial charge in [-0.1, -0.05) is 20.8 Å². The number of halogens is 1. The van der Waals surface area contributed by atoms with Crippen molar-refractivity contribution in [1.82, 2.24) is 16.0 Å². The lowest BCUT2D eigenvalue weighted by Crippen LogP contribution is -2.42. The standard InChI is InChI=1S/C28H36BrN5O7/c1-5-41-22(37)6-7-30-26(40)23(20-10-16(28(2,3)4)11-21(29)24(20)38)34-25(39)15-8-17(12-18(35)9-15)33-27-31-13-19(36)14-32-27/h8-12,19,23,35-36,38H,5-7,13-14H2,1-4H3,(H,30,40)(H,34,39)(H2,31,32,33)/t23-/m0/s1. The Bertz CT molecular complexity index is 1330. The van der Waals surface area contributed by atoms with Crippen molar-refractivity contribution in [3.8, 4) is 11.5 Å². The number of aromatic hydroxyl groups is 2. The summed E-state index contributed by atoms with van der Waals surface area (Å²) in [6.45, 7) is 8.23. The van der Waals surface area contributed by atoms with E-state index in [1.54, 1.807) is 19.1 Å². The third kappa shape index (κ3) is 8.82. The van der Waals surface area contributed by atoms with E-state index in [1.807, 2.05) is 20.8 Å². The van der Waals surface area contributed by atoms with Crippen LogP contribution >= 0.6 is 15.9 Å². The smallest absolute Gasteiger partial charge is 0.307 e. The summed E-state index contributed by atoms with van der Waals surface area (Å²) in [6.07, 6.45) is -0.686. The summed E-state index contributed by atoms with van der Waals surface area (Å²) in [4.78, 5) is 42.8. The van der Waals surface area contributed by atoms with Crippen molar-refractivity contribution < 1.29 is 34.4 Å². The number of hydrogen-bond acceptors (Lipinski definition) is 10. The Balaban J connectivity index is 1.92. The molecule has 1 heterocycles. The van der Waals surface area contributed by atoms with Crippen LogP contribution in [0.1, 0.15) is 61.6 Å². The molecule has 2 amide bonds. The van der Waals surface area contributed by atoms with Crippen molar-refractivity contribution in [2.45, 2.75) is 51.7 Å². The Morgan fingerprint density at radius 1 is 1.17 bits per heavy atom. The fourth-order valence-electron chi connectivity index (χ4n) is 3.96. The predicted molar refractivity (Wildman–Crippen MR) is 157 cm³/mol. The molecule has 3 rings (SSSR count). The van der Waals surface area contributed by atoms with E-state index < -0.39 is 29.9 Å². The van der Waals surface area contributed by atoms with Gasteiger partial charge in [0.25, 0.3) is 5.91 Å². The summed E-state index contributed by atoms with van der Waals surface area (Å²) in [6, 6.07) is 6.12. The molecule has 41 heavy (non-hydrogen) atoms. The molecule has 0 saturated heterocycles. The number of phenolic OH excluding ortho intramolecular Hbond substituents is 2. The minimum absolute atomic E-state index is 0.0267. The molecule has 1 aliphatic heterocycles. The van der Waals surface area contributed by atoms with Gasteiger partial charge in [-0.2, -0.15) is 0 Å². The van der Waals surface area contributed by atoms with Gasteiger partial charge in [0, 0.05) is 36.0 Å². The second-order valence-corrected chi connectivity index (χ2v) is 11.4. The van der Waals surface area contributed by atoms with Gasteiger partial charge in [-0.3, -0.25) is 19.4 Å². The first-order valence-electron chi connectivity index (χ1n) is 13.1. The summed E-state index contributed by atoms with van der Waals surface area (Å²) in [5.74, 6) is -1.94. The van der Waals surface area contributed by atoms with Gasteiger partial charge >= 0.3 is 5.97 Å². The molecule has 2 aromatic rings. The van der Waals surface area contributed by atoms with E-state index >= 15 is 0 Å². The van der Waals surface area contributed by atoms with Gasteiger partial charge in [0.1, 0.15) is 17.5 Å². The molecule has 7 N–H and O–H groups in total. The highest BCUT2D eigenvalue weighted by Gasteiger charge is 2.29. The molecule has 2 aromatic carbocycles. The van der Waals surface area contributed by atoms with Crippen molar-refractivity contribution in [2.24, 2.45) is 4.99 Å². The molecule has 222 valence electrons. The van der Waals surface area contributed by atoms with Crippen LogP contribution in [0.5, 0.6) is 11.5 Å². The lowest BCUT2D eigenvalue weighted by atomic mass is 9.85. The summed E-state index contributed by atoms with van der Waals surface area (Å²) in [5.41, 5.74) is 0.958. The monoisotopic (exact) mass is 633 g/mol. The highest BCUT2D eigenvalue weighted by atomic mass is 79.9. The number of carbonyl (C=O) groups is 3. The van der Waals surface area contributed by atoms with Crippen LogP contribution in [0.25, 0.3) is 0 Å². The number of carbonyl (C=O) groups excluding carboxylic acids is 3. The van der Waals surface area contributed by atoms with E-state index in [4.69, 9.17) is 4.74 Å². The zero-order valence-electron chi connectivity index (χ0n) is 23.4. The zero-order chi connectivity index (χ0) is 30.3. The van der Waals surface area contributed by atoms with Crippen LogP contribution < -0.4 is 21.3 Å². The Morgan fingerprint density at radius 2 is 1.90 bits per heavy atom. The number of hydrogen-bond donors (Lipinski definition) is 7. The Kier molecular flexibility index (Phi) is 10.6. The number of amides is 2. The van der Waals surface area contributed by atoms with Crippen LogP contribution in [0.15, 0.2) is 39.8 Å². The molecule has 0 bridgehead atoms. The average molecular weight is 635 g/mol. The minimum atomic E-state index is -1.35. The third-order valence-electron chi connectivity index (χ3n) is 6.15. The molecule has 13 heteroatoms. The number of ether oxygens (including phenoxy) is 1. The maximum atomic E-state index is 13.4. The molecule has 0 aliphatic carbocycles. The number of phenols is 2. The molecule has 0 radical (unpaired) electrons. The molecule has 0 unspecified atom stereocenters. The Morgan fingerprint density at radius 3 is 2.54 bits per heavy atom. The van der Waals surface area contributed by atoms with Crippen LogP contribution in [-0.4, -0.2) is 71.4 Å². The molecular formula is C28H36BrN5O7. The van der Waals surface area contributed by atoms with Crippen molar-refractivity contribution >= 4 is 45.4 Å². The maximum Gasteiger partial charge on any atom is 0.307 e. The van der Waals surface area contributed by atoms with Crippen molar-refractivity contribution in [2.75, 3.05) is 31.6 Å². The topological polar surface area (TPSA) is 182 Å². The van der Waals surface area contributed by atoms with E-state index in [1.165, 1.54) is 18.2 Å². The number of aliphatic imine (C=N–C) groups is 1. The first-order valence-corrected chi connectivity index (χ1v) is 13.9. The molecule has 0 fully saturated rings. The third-order valence-corrected chi connectivity index (χ3v) is 6.75. The van der Waals surface area contributed by atoms with Gasteiger partial charge in [0.2, 0.25) is 5.91 Å². The Hall–Kier alpha value is -3.84. The number of nitrogens with one attached hydrogen (secondary N) is 4. The average Bonchev–Trinajstić information content (AvgIpc) is 2.89. The molecule has 0 saturated carbocycles. The summed E-state index contributed by atoms with van der Waals surface area (Å²) >= 11 is 3.35. The van der Waals surface area contributed by atoms with E-state index in [0.29, 0.717) is 16.1 Å². The second kappa shape index (κ2) is 13.7. The number of rotatable bonds is 9. The second-order valence-electron chi connectivity index (χ2n) is 10.5. The first-order chi connectivity index (χ1) is 19.3. The number of esters is 1. The number of benzene rings is 2. The van der Waals surface area contributed by atoms with Crippen LogP contribution in [-0.2, 0) is 19.7 Å². The fourth-order valence-corrected chi connectivity index (χ4v) is 4.44. The molecule has 1 aliphatic rings. The summed E-state index contributed by atoms with van der Waals surface area (Å²) in [5, 5.41) is 42.0. The van der Waals surface area contributed by atoms with E-state index in [9.17, 15) is 29.7 Å². The summed E-state index contributed by atoms with van der Waals surface area (Å²) in [7, 11) is 0. The molecule has 2 atom stereocenters. The van der Waals surface area contributed by atoms with Crippen LogP contribution in [0.2, 0.25) is 0 Å². The van der Waals surface area contributed by atoms with Crippen molar-refractivity contribution in [1.29, 1.82) is 0 Å².